The number of benzene rings is 3. The highest BCUT2D eigenvalue weighted by Gasteiger charge is 2.18. The van der Waals surface area contributed by atoms with Crippen LogP contribution in [-0.2, 0) is 21.2 Å². The maximum absolute atomic E-state index is 12.5. The Bertz CT molecular complexity index is 1040. The van der Waals surface area contributed by atoms with Gasteiger partial charge in [-0.1, -0.05) is 60.1 Å². The summed E-state index contributed by atoms with van der Waals surface area (Å²) < 4.78 is 24.9. The first kappa shape index (κ1) is 20.9. The van der Waals surface area contributed by atoms with Crippen LogP contribution in [0.5, 0.6) is 0 Å². The number of rotatable bonds is 8. The average Bonchev–Trinajstić information content (AvgIpc) is 2.74. The zero-order valence-corrected chi connectivity index (χ0v) is 17.2. The fourth-order valence-electron chi connectivity index (χ4n) is 2.76. The molecule has 0 aromatic heterocycles. The Morgan fingerprint density at radius 1 is 0.862 bits per heavy atom. The minimum Gasteiger partial charge on any atom is -0.281 e. The number of halogens is 1. The standard InChI is InChI=1S/C22H21ClN2O3S/c23-19-11-13-21(14-12-19)29(27,28)16-15-22(26)24-25(20-9-5-2-6-10-20)17-18-7-3-1-4-8-18/h1-14H,15-17H2,(H,24,26). The number of hydrogen-bond acceptors (Lipinski definition) is 4. The molecule has 150 valence electrons. The van der Waals surface area contributed by atoms with Gasteiger partial charge in [-0.2, -0.15) is 0 Å². The molecule has 0 unspecified atom stereocenters. The fourth-order valence-corrected chi connectivity index (χ4v) is 4.13. The van der Waals surface area contributed by atoms with Crippen LogP contribution in [0.3, 0.4) is 0 Å². The van der Waals surface area contributed by atoms with Crippen LogP contribution in [0.2, 0.25) is 5.02 Å². The van der Waals surface area contributed by atoms with E-state index in [2.05, 4.69) is 5.43 Å². The van der Waals surface area contributed by atoms with Crippen molar-refractivity contribution in [1.82, 2.24) is 5.43 Å². The van der Waals surface area contributed by atoms with Crippen molar-refractivity contribution in [2.75, 3.05) is 10.8 Å². The molecule has 0 bridgehead atoms. The summed E-state index contributed by atoms with van der Waals surface area (Å²) in [6.07, 6.45) is -0.150. The molecule has 0 aliphatic heterocycles. The van der Waals surface area contributed by atoms with Crippen molar-refractivity contribution in [3.63, 3.8) is 0 Å². The van der Waals surface area contributed by atoms with Crippen molar-refractivity contribution in [3.05, 3.63) is 95.5 Å². The maximum atomic E-state index is 12.5. The Morgan fingerprint density at radius 3 is 2.07 bits per heavy atom. The number of para-hydroxylation sites is 1. The maximum Gasteiger partial charge on any atom is 0.239 e. The van der Waals surface area contributed by atoms with E-state index in [1.807, 2.05) is 60.7 Å². The van der Waals surface area contributed by atoms with Gasteiger partial charge in [0.1, 0.15) is 0 Å². The molecule has 0 spiro atoms. The van der Waals surface area contributed by atoms with E-state index in [9.17, 15) is 13.2 Å². The molecule has 3 aromatic rings. The van der Waals surface area contributed by atoms with Crippen molar-refractivity contribution in [3.8, 4) is 0 Å². The van der Waals surface area contributed by atoms with Gasteiger partial charge in [-0.05, 0) is 42.0 Å². The zero-order chi connectivity index (χ0) is 20.7. The van der Waals surface area contributed by atoms with Crippen LogP contribution in [-0.4, -0.2) is 20.1 Å². The molecule has 0 aliphatic carbocycles. The van der Waals surface area contributed by atoms with Crippen LogP contribution in [0.25, 0.3) is 0 Å². The highest BCUT2D eigenvalue weighted by Crippen LogP contribution is 2.17. The summed E-state index contributed by atoms with van der Waals surface area (Å²) in [5.74, 6) is -0.656. The lowest BCUT2D eigenvalue weighted by atomic mass is 10.2. The first-order valence-electron chi connectivity index (χ1n) is 9.08. The molecule has 0 aliphatic rings. The summed E-state index contributed by atoms with van der Waals surface area (Å²) in [7, 11) is -3.57. The third-order valence-electron chi connectivity index (χ3n) is 4.28. The van der Waals surface area contributed by atoms with Gasteiger partial charge in [0.25, 0.3) is 0 Å². The molecule has 1 amide bonds. The number of hydrazine groups is 1. The smallest absolute Gasteiger partial charge is 0.239 e. The lowest BCUT2D eigenvalue weighted by Crippen LogP contribution is -2.42. The molecule has 3 rings (SSSR count). The van der Waals surface area contributed by atoms with Crippen molar-refractivity contribution < 1.29 is 13.2 Å². The molecule has 0 saturated heterocycles. The van der Waals surface area contributed by atoms with E-state index in [0.717, 1.165) is 11.3 Å². The molecule has 0 atom stereocenters. The summed E-state index contributed by atoms with van der Waals surface area (Å²) in [6.45, 7) is 0.459. The van der Waals surface area contributed by atoms with Gasteiger partial charge in [0.05, 0.1) is 22.9 Å². The quantitative estimate of drug-likeness (QED) is 0.545. The van der Waals surface area contributed by atoms with Crippen molar-refractivity contribution in [2.24, 2.45) is 0 Å². The Morgan fingerprint density at radius 2 is 1.45 bits per heavy atom. The average molecular weight is 429 g/mol. The van der Waals surface area contributed by atoms with Crippen LogP contribution < -0.4 is 10.4 Å². The van der Waals surface area contributed by atoms with Crippen molar-refractivity contribution in [1.29, 1.82) is 0 Å². The minimum absolute atomic E-state index is 0.150. The lowest BCUT2D eigenvalue weighted by molar-refractivity contribution is -0.120. The van der Waals surface area contributed by atoms with Gasteiger partial charge in [-0.3, -0.25) is 15.2 Å². The second kappa shape index (κ2) is 9.58. The van der Waals surface area contributed by atoms with E-state index < -0.39 is 9.84 Å². The Hall–Kier alpha value is -2.83. The minimum atomic E-state index is -3.57. The van der Waals surface area contributed by atoms with E-state index in [4.69, 9.17) is 11.6 Å². The highest BCUT2D eigenvalue weighted by molar-refractivity contribution is 7.91. The molecule has 0 radical (unpaired) electrons. The third kappa shape index (κ3) is 6.07. The number of carbonyl (C=O) groups is 1. The zero-order valence-electron chi connectivity index (χ0n) is 15.7. The molecule has 0 fully saturated rings. The first-order chi connectivity index (χ1) is 13.9. The van der Waals surface area contributed by atoms with E-state index in [0.29, 0.717) is 11.6 Å². The fraction of sp³-hybridized carbons (Fsp3) is 0.136. The van der Waals surface area contributed by atoms with Gasteiger partial charge in [0.2, 0.25) is 5.91 Å². The summed E-state index contributed by atoms with van der Waals surface area (Å²) in [5.41, 5.74) is 4.65. The van der Waals surface area contributed by atoms with Gasteiger partial charge in [-0.25, -0.2) is 8.42 Å². The molecule has 0 heterocycles. The molecular weight excluding hydrogens is 408 g/mol. The number of amides is 1. The largest absolute Gasteiger partial charge is 0.281 e. The van der Waals surface area contributed by atoms with Crippen molar-refractivity contribution >= 4 is 33.0 Å². The summed E-state index contributed by atoms with van der Waals surface area (Å²) in [4.78, 5) is 12.7. The number of anilines is 1. The number of hydrogen-bond donors (Lipinski definition) is 1. The van der Waals surface area contributed by atoms with Gasteiger partial charge in [0.15, 0.2) is 9.84 Å². The van der Waals surface area contributed by atoms with Crippen LogP contribution in [0, 0.1) is 0 Å². The highest BCUT2D eigenvalue weighted by atomic mass is 35.5. The van der Waals surface area contributed by atoms with E-state index in [1.54, 1.807) is 5.01 Å². The Labute approximate surface area is 175 Å². The summed E-state index contributed by atoms with van der Waals surface area (Å²) in [5, 5.41) is 2.17. The predicted molar refractivity (Wildman–Crippen MR) is 115 cm³/mol. The first-order valence-corrected chi connectivity index (χ1v) is 11.1. The third-order valence-corrected chi connectivity index (χ3v) is 6.27. The van der Waals surface area contributed by atoms with Crippen LogP contribution in [0.1, 0.15) is 12.0 Å². The molecule has 1 N–H and O–H groups in total. The molecule has 7 heteroatoms. The normalized spacial score (nSPS) is 11.1. The Kier molecular flexibility index (Phi) is 6.90. The van der Waals surface area contributed by atoms with Crippen LogP contribution >= 0.6 is 11.6 Å². The second-order valence-corrected chi connectivity index (χ2v) is 9.01. The van der Waals surface area contributed by atoms with Gasteiger partial charge >= 0.3 is 0 Å². The Balaban J connectivity index is 1.67. The topological polar surface area (TPSA) is 66.5 Å². The number of sulfone groups is 1. The van der Waals surface area contributed by atoms with Gasteiger partial charge in [0, 0.05) is 11.4 Å². The number of carbonyl (C=O) groups excluding carboxylic acids is 1. The number of nitrogens with one attached hydrogen (secondary N) is 1. The monoisotopic (exact) mass is 428 g/mol. The SMILES string of the molecule is O=C(CCS(=O)(=O)c1ccc(Cl)cc1)NN(Cc1ccccc1)c1ccccc1. The van der Waals surface area contributed by atoms with E-state index >= 15 is 0 Å². The molecule has 3 aromatic carbocycles. The van der Waals surface area contributed by atoms with Gasteiger partial charge in [-0.15, -0.1) is 0 Å². The summed E-state index contributed by atoms with van der Waals surface area (Å²) >= 11 is 5.81. The van der Waals surface area contributed by atoms with Crippen molar-refractivity contribution in [2.45, 2.75) is 17.9 Å². The van der Waals surface area contributed by atoms with Gasteiger partial charge < -0.3 is 0 Å². The molecule has 29 heavy (non-hydrogen) atoms. The molecule has 5 nitrogen and oxygen atoms in total. The van der Waals surface area contributed by atoms with Crippen LogP contribution in [0.15, 0.2) is 89.8 Å². The lowest BCUT2D eigenvalue weighted by Gasteiger charge is -2.25. The molecule has 0 saturated carbocycles. The van der Waals surface area contributed by atoms with Crippen LogP contribution in [0.4, 0.5) is 5.69 Å². The molecular formula is C22H21ClN2O3S. The second-order valence-electron chi connectivity index (χ2n) is 6.47. The summed E-state index contributed by atoms with van der Waals surface area (Å²) in [6, 6.07) is 25.1. The number of nitrogens with zero attached hydrogens (tertiary/aromatic N) is 1. The van der Waals surface area contributed by atoms with E-state index in [1.165, 1.54) is 24.3 Å². The van der Waals surface area contributed by atoms with E-state index in [-0.39, 0.29) is 23.0 Å². The predicted octanol–water partition coefficient (Wildman–Crippen LogP) is 4.24.